The van der Waals surface area contributed by atoms with Crippen molar-refractivity contribution in [1.29, 1.82) is 0 Å². The average molecular weight is 687 g/mol. The second-order valence-corrected chi connectivity index (χ2v) is 14.2. The van der Waals surface area contributed by atoms with Crippen LogP contribution in [-0.4, -0.2) is 70.2 Å². The summed E-state index contributed by atoms with van der Waals surface area (Å²) in [4.78, 5) is 24.8. The number of nitrogens with one attached hydrogen (secondary N) is 3. The van der Waals surface area contributed by atoms with Gasteiger partial charge in [-0.1, -0.05) is 50.3 Å². The lowest BCUT2D eigenvalue weighted by atomic mass is 9.86. The molecule has 0 spiro atoms. The summed E-state index contributed by atoms with van der Waals surface area (Å²) >= 11 is 0. The SMILES string of the molecule is COc1c(NC(=O)c2ccc(C)c(-n3cc(-c4cnn(-c5ccccc5)c4CCNC(=O)O)nn3)c2)cc(C(C)(C)C)cc1NS(C)(=O)=O. The van der Waals surface area contributed by atoms with Gasteiger partial charge in [-0.3, -0.25) is 9.52 Å². The molecule has 15 heteroatoms. The molecule has 256 valence electrons. The molecule has 5 aromatic rings. The van der Waals surface area contributed by atoms with Gasteiger partial charge in [0.05, 0.1) is 54.2 Å². The van der Waals surface area contributed by atoms with Gasteiger partial charge in [0.1, 0.15) is 5.69 Å². The molecule has 2 heterocycles. The summed E-state index contributed by atoms with van der Waals surface area (Å²) in [6, 6.07) is 18.1. The van der Waals surface area contributed by atoms with Crippen LogP contribution in [0.25, 0.3) is 22.6 Å². The predicted molar refractivity (Wildman–Crippen MR) is 186 cm³/mol. The zero-order valence-corrected chi connectivity index (χ0v) is 28.8. The van der Waals surface area contributed by atoms with E-state index in [9.17, 15) is 18.0 Å². The second-order valence-electron chi connectivity index (χ2n) is 12.5. The van der Waals surface area contributed by atoms with Gasteiger partial charge in [-0.25, -0.2) is 22.6 Å². The van der Waals surface area contributed by atoms with Crippen LogP contribution in [0.1, 0.15) is 48.0 Å². The number of sulfonamides is 1. The minimum absolute atomic E-state index is 0.167. The van der Waals surface area contributed by atoms with Gasteiger partial charge in [-0.2, -0.15) is 5.10 Å². The van der Waals surface area contributed by atoms with E-state index in [-0.39, 0.29) is 23.4 Å². The molecule has 4 N–H and O–H groups in total. The predicted octanol–water partition coefficient (Wildman–Crippen LogP) is 5.17. The number of benzene rings is 3. The number of hydrogen-bond acceptors (Lipinski definition) is 8. The maximum Gasteiger partial charge on any atom is 0.404 e. The quantitative estimate of drug-likeness (QED) is 0.146. The Morgan fingerprint density at radius 2 is 1.73 bits per heavy atom. The molecule has 0 unspecified atom stereocenters. The lowest BCUT2D eigenvalue weighted by molar-refractivity contribution is 0.102. The molecule has 0 aliphatic heterocycles. The summed E-state index contributed by atoms with van der Waals surface area (Å²) in [5.41, 5.74) is 5.41. The van der Waals surface area contributed by atoms with Crippen LogP contribution in [0.3, 0.4) is 0 Å². The number of hydrogen-bond donors (Lipinski definition) is 4. The normalized spacial score (nSPS) is 11.6. The van der Waals surface area contributed by atoms with E-state index in [4.69, 9.17) is 9.84 Å². The number of carbonyl (C=O) groups is 2. The number of para-hydroxylation sites is 1. The summed E-state index contributed by atoms with van der Waals surface area (Å²) in [6.45, 7) is 7.98. The first-order valence-corrected chi connectivity index (χ1v) is 17.2. The molecule has 0 bridgehead atoms. The summed E-state index contributed by atoms with van der Waals surface area (Å²) in [5.74, 6) is -0.279. The Kier molecular flexibility index (Phi) is 9.75. The Hall–Kier alpha value is -5.70. The lowest BCUT2D eigenvalue weighted by Gasteiger charge is -2.24. The van der Waals surface area contributed by atoms with Crippen LogP contribution in [0, 0.1) is 6.92 Å². The second kappa shape index (κ2) is 13.8. The smallest absolute Gasteiger partial charge is 0.404 e. The highest BCUT2D eigenvalue weighted by Gasteiger charge is 2.23. The van der Waals surface area contributed by atoms with E-state index >= 15 is 0 Å². The summed E-state index contributed by atoms with van der Waals surface area (Å²) in [6.07, 6.45) is 3.66. The third kappa shape index (κ3) is 8.06. The number of amides is 2. The summed E-state index contributed by atoms with van der Waals surface area (Å²) in [5, 5.41) is 27.7. The fourth-order valence-corrected chi connectivity index (χ4v) is 5.81. The van der Waals surface area contributed by atoms with Crippen molar-refractivity contribution in [2.24, 2.45) is 0 Å². The van der Waals surface area contributed by atoms with E-state index in [2.05, 4.69) is 30.8 Å². The zero-order valence-electron chi connectivity index (χ0n) is 28.0. The standard InChI is InChI=1S/C34H38N8O6S/c1-21-12-13-22(32(43)37-26-17-23(34(2,3)4)18-27(31(26)48-5)39-49(6,46)47)16-30(21)41-20-28(38-40-41)25-19-36-42(24-10-8-7-9-11-24)29(25)14-15-35-33(44)45/h7-13,16-20,35,39H,14-15H2,1-6H3,(H,37,43)(H,44,45). The first-order valence-electron chi connectivity index (χ1n) is 15.3. The first kappa shape index (κ1) is 34.6. The lowest BCUT2D eigenvalue weighted by Crippen LogP contribution is -2.24. The van der Waals surface area contributed by atoms with E-state index in [0.29, 0.717) is 34.6 Å². The van der Waals surface area contributed by atoms with Crippen molar-refractivity contribution in [3.8, 4) is 28.4 Å². The monoisotopic (exact) mass is 686 g/mol. The fourth-order valence-electron chi connectivity index (χ4n) is 5.25. The van der Waals surface area contributed by atoms with Crippen molar-refractivity contribution in [2.75, 3.05) is 29.9 Å². The van der Waals surface area contributed by atoms with Crippen molar-refractivity contribution < 1.29 is 27.9 Å². The molecule has 49 heavy (non-hydrogen) atoms. The molecule has 2 amide bonds. The van der Waals surface area contributed by atoms with Gasteiger partial charge in [0, 0.05) is 24.1 Å². The number of carboxylic acid groups (broad SMARTS) is 1. The van der Waals surface area contributed by atoms with Crippen LogP contribution < -0.4 is 20.1 Å². The maximum absolute atomic E-state index is 13.7. The van der Waals surface area contributed by atoms with E-state index in [0.717, 1.165) is 28.8 Å². The molecule has 14 nitrogen and oxygen atoms in total. The molecule has 0 radical (unpaired) electrons. The van der Waals surface area contributed by atoms with Crippen LogP contribution in [0.5, 0.6) is 5.75 Å². The van der Waals surface area contributed by atoms with Crippen LogP contribution >= 0.6 is 0 Å². The van der Waals surface area contributed by atoms with Gasteiger partial charge in [0.15, 0.2) is 5.75 Å². The maximum atomic E-state index is 13.7. The number of carbonyl (C=O) groups excluding carboxylic acids is 1. The minimum atomic E-state index is -3.64. The van der Waals surface area contributed by atoms with Crippen LogP contribution in [0.15, 0.2) is 73.1 Å². The Morgan fingerprint density at radius 3 is 2.39 bits per heavy atom. The van der Waals surface area contributed by atoms with Crippen molar-refractivity contribution >= 4 is 33.4 Å². The third-order valence-electron chi connectivity index (χ3n) is 7.70. The van der Waals surface area contributed by atoms with E-state index in [1.807, 2.05) is 58.0 Å². The van der Waals surface area contributed by atoms with E-state index in [1.54, 1.807) is 52.1 Å². The molecule has 0 aliphatic carbocycles. The van der Waals surface area contributed by atoms with Gasteiger partial charge >= 0.3 is 6.09 Å². The summed E-state index contributed by atoms with van der Waals surface area (Å²) in [7, 11) is -2.24. The van der Waals surface area contributed by atoms with Crippen LogP contribution in [-0.2, 0) is 21.9 Å². The number of anilines is 2. The molecule has 0 atom stereocenters. The largest absolute Gasteiger partial charge is 0.492 e. The van der Waals surface area contributed by atoms with Crippen molar-refractivity contribution in [1.82, 2.24) is 30.1 Å². The zero-order chi connectivity index (χ0) is 35.5. The van der Waals surface area contributed by atoms with Crippen LogP contribution in [0.2, 0.25) is 0 Å². The third-order valence-corrected chi connectivity index (χ3v) is 8.29. The van der Waals surface area contributed by atoms with Crippen molar-refractivity contribution in [2.45, 2.75) is 39.5 Å². The highest BCUT2D eigenvalue weighted by atomic mass is 32.2. The average Bonchev–Trinajstić information content (AvgIpc) is 3.68. The van der Waals surface area contributed by atoms with Gasteiger partial charge in [-0.15, -0.1) is 5.10 Å². The Balaban J connectivity index is 1.48. The summed E-state index contributed by atoms with van der Waals surface area (Å²) < 4.78 is 35.6. The number of nitrogens with zero attached hydrogens (tertiary/aromatic N) is 5. The first-order chi connectivity index (χ1) is 23.1. The molecule has 3 aromatic carbocycles. The number of rotatable bonds is 11. The molecule has 0 saturated carbocycles. The van der Waals surface area contributed by atoms with E-state index < -0.39 is 22.0 Å². The van der Waals surface area contributed by atoms with Gasteiger partial charge in [0.2, 0.25) is 10.0 Å². The number of ether oxygens (including phenoxy) is 1. The molecule has 0 fully saturated rings. The van der Waals surface area contributed by atoms with Crippen molar-refractivity contribution in [3.63, 3.8) is 0 Å². The Bertz CT molecular complexity index is 2120. The molecule has 0 aliphatic rings. The van der Waals surface area contributed by atoms with Crippen LogP contribution in [0.4, 0.5) is 16.2 Å². The van der Waals surface area contributed by atoms with Crippen molar-refractivity contribution in [3.05, 3.63) is 95.4 Å². The number of aromatic nitrogens is 5. The Morgan fingerprint density at radius 1 is 1.02 bits per heavy atom. The Labute approximate surface area is 284 Å². The fraction of sp³-hybridized carbons (Fsp3) is 0.265. The number of aryl methyl sites for hydroxylation is 1. The van der Waals surface area contributed by atoms with Gasteiger partial charge < -0.3 is 20.5 Å². The highest BCUT2D eigenvalue weighted by Crippen LogP contribution is 2.39. The number of methoxy groups -OCH3 is 1. The highest BCUT2D eigenvalue weighted by molar-refractivity contribution is 7.92. The topological polar surface area (TPSA) is 182 Å². The van der Waals surface area contributed by atoms with Gasteiger partial charge in [-0.05, 0) is 59.9 Å². The van der Waals surface area contributed by atoms with Gasteiger partial charge in [0.25, 0.3) is 5.91 Å². The molecular weight excluding hydrogens is 648 g/mol. The molecule has 5 rings (SSSR count). The minimum Gasteiger partial charge on any atom is -0.492 e. The molecule has 0 saturated heterocycles. The molecule has 2 aromatic heterocycles. The van der Waals surface area contributed by atoms with E-state index in [1.165, 1.54) is 7.11 Å². The molecular formula is C34H38N8O6S.